The minimum atomic E-state index is 0.569. The number of benzene rings is 1. The molecule has 0 aliphatic rings. The number of aromatic nitrogens is 2. The Bertz CT molecular complexity index is 915. The Hall–Kier alpha value is -2.77. The molecule has 2 heterocycles. The van der Waals surface area contributed by atoms with Gasteiger partial charge in [-0.25, -0.2) is 4.68 Å². The molecule has 134 valence electrons. The maximum Gasteiger partial charge on any atom is 0.206 e. The monoisotopic (exact) mass is 368 g/mol. The molecule has 0 saturated heterocycles. The predicted octanol–water partition coefficient (Wildman–Crippen LogP) is 3.05. The molecule has 6 nitrogen and oxygen atoms in total. The molecule has 0 aliphatic heterocycles. The second-order valence-corrected chi connectivity index (χ2v) is 6.15. The van der Waals surface area contributed by atoms with Crippen molar-refractivity contribution in [1.82, 2.24) is 9.66 Å². The van der Waals surface area contributed by atoms with Gasteiger partial charge < -0.3 is 9.47 Å². The lowest BCUT2D eigenvalue weighted by atomic mass is 10.2. The second kappa shape index (κ2) is 9.07. The summed E-state index contributed by atoms with van der Waals surface area (Å²) in [6.45, 7) is 1.15. The molecule has 0 radical (unpaired) electrons. The number of thiazole rings is 1. The molecule has 0 aliphatic carbocycles. The lowest BCUT2D eigenvalue weighted by molar-refractivity contribution is 0.207. The predicted molar refractivity (Wildman–Crippen MR) is 104 cm³/mol. The van der Waals surface area contributed by atoms with Crippen molar-refractivity contribution in [3.8, 4) is 17.0 Å². The molecule has 0 atom stereocenters. The summed E-state index contributed by atoms with van der Waals surface area (Å²) in [6, 6.07) is 13.6. The quantitative estimate of drug-likeness (QED) is 0.476. The summed E-state index contributed by atoms with van der Waals surface area (Å²) < 4.78 is 12.2. The van der Waals surface area contributed by atoms with Gasteiger partial charge in [0.05, 0.1) is 37.9 Å². The first-order valence-electron chi connectivity index (χ1n) is 8.11. The molecule has 3 rings (SSSR count). The van der Waals surface area contributed by atoms with Gasteiger partial charge in [-0.1, -0.05) is 6.07 Å². The minimum Gasteiger partial charge on any atom is -0.497 e. The Morgan fingerprint density at radius 2 is 2.00 bits per heavy atom. The zero-order valence-electron chi connectivity index (χ0n) is 14.7. The molecule has 0 N–H and O–H groups in total. The third-order valence-corrected chi connectivity index (χ3v) is 4.46. The molecule has 26 heavy (non-hydrogen) atoms. The summed E-state index contributed by atoms with van der Waals surface area (Å²) in [4.78, 5) is 9.67. The van der Waals surface area contributed by atoms with E-state index in [1.54, 1.807) is 38.0 Å². The summed E-state index contributed by atoms with van der Waals surface area (Å²) in [5, 5.41) is 6.65. The number of methoxy groups -OCH3 is 2. The fraction of sp³-hybridized carbons (Fsp3) is 0.211. The van der Waals surface area contributed by atoms with Crippen LogP contribution in [0.2, 0.25) is 0 Å². The van der Waals surface area contributed by atoms with Crippen molar-refractivity contribution in [2.75, 3.05) is 27.4 Å². The maximum atomic E-state index is 5.24. The highest BCUT2D eigenvalue weighted by molar-refractivity contribution is 7.07. The average molecular weight is 368 g/mol. The molecule has 1 aromatic carbocycles. The number of hydrogen-bond donors (Lipinski definition) is 0. The van der Waals surface area contributed by atoms with E-state index in [1.165, 1.54) is 0 Å². The molecular weight excluding hydrogens is 348 g/mol. The molecule has 0 unspecified atom stereocenters. The van der Waals surface area contributed by atoms with Crippen LogP contribution in [0.3, 0.4) is 0 Å². The van der Waals surface area contributed by atoms with Crippen LogP contribution in [-0.2, 0) is 4.74 Å². The van der Waals surface area contributed by atoms with Gasteiger partial charge in [0, 0.05) is 24.3 Å². The molecule has 3 aromatic rings. The Kier molecular flexibility index (Phi) is 6.29. The fourth-order valence-electron chi connectivity index (χ4n) is 2.28. The van der Waals surface area contributed by atoms with Gasteiger partial charge in [0.1, 0.15) is 5.75 Å². The van der Waals surface area contributed by atoms with Gasteiger partial charge in [-0.2, -0.15) is 5.10 Å². The van der Waals surface area contributed by atoms with Gasteiger partial charge in [0.15, 0.2) is 0 Å². The average Bonchev–Trinajstić information content (AvgIpc) is 3.10. The lowest BCUT2D eigenvalue weighted by Gasteiger charge is -2.05. The third-order valence-electron chi connectivity index (χ3n) is 3.61. The van der Waals surface area contributed by atoms with Crippen LogP contribution in [0.15, 0.2) is 64.1 Å². The standard InChI is InChI=1S/C19H20N4O2S/c1-24-12-11-21-19-23(22-13-16-5-3-4-10-20-16)18(14-26-19)15-6-8-17(25-2)9-7-15/h3-10,13-14H,11-12H2,1-2H3/b21-19?,22-13-. The van der Waals surface area contributed by atoms with E-state index >= 15 is 0 Å². The van der Waals surface area contributed by atoms with E-state index in [4.69, 9.17) is 9.47 Å². The zero-order chi connectivity index (χ0) is 18.2. The van der Waals surface area contributed by atoms with Crippen molar-refractivity contribution in [1.29, 1.82) is 0 Å². The summed E-state index contributed by atoms with van der Waals surface area (Å²) in [5.41, 5.74) is 2.78. The Morgan fingerprint density at radius 1 is 1.15 bits per heavy atom. The first-order chi connectivity index (χ1) is 12.8. The summed E-state index contributed by atoms with van der Waals surface area (Å²) in [5.74, 6) is 0.817. The summed E-state index contributed by atoms with van der Waals surface area (Å²) in [6.07, 6.45) is 3.48. The van der Waals surface area contributed by atoms with Gasteiger partial charge in [-0.15, -0.1) is 11.3 Å². The minimum absolute atomic E-state index is 0.569. The second-order valence-electron chi connectivity index (χ2n) is 5.32. The summed E-state index contributed by atoms with van der Waals surface area (Å²) in [7, 11) is 3.32. The van der Waals surface area contributed by atoms with E-state index in [1.807, 2.05) is 52.5 Å². The van der Waals surface area contributed by atoms with E-state index in [9.17, 15) is 0 Å². The van der Waals surface area contributed by atoms with Crippen LogP contribution in [0.1, 0.15) is 5.69 Å². The molecular formula is C19H20N4O2S. The number of hydrogen-bond acceptors (Lipinski definition) is 6. The van der Waals surface area contributed by atoms with Crippen molar-refractivity contribution in [2.24, 2.45) is 10.1 Å². The number of ether oxygens (including phenoxy) is 2. The highest BCUT2D eigenvalue weighted by Gasteiger charge is 2.07. The summed E-state index contributed by atoms with van der Waals surface area (Å²) >= 11 is 1.54. The molecule has 0 bridgehead atoms. The van der Waals surface area contributed by atoms with Crippen molar-refractivity contribution >= 4 is 17.6 Å². The highest BCUT2D eigenvalue weighted by atomic mass is 32.1. The van der Waals surface area contributed by atoms with E-state index in [0.717, 1.165) is 27.5 Å². The lowest BCUT2D eigenvalue weighted by Crippen LogP contribution is -2.13. The van der Waals surface area contributed by atoms with E-state index in [-0.39, 0.29) is 0 Å². The topological polar surface area (TPSA) is 61.0 Å². The smallest absolute Gasteiger partial charge is 0.206 e. The van der Waals surface area contributed by atoms with Crippen LogP contribution in [0, 0.1) is 0 Å². The van der Waals surface area contributed by atoms with Gasteiger partial charge in [-0.3, -0.25) is 9.98 Å². The largest absolute Gasteiger partial charge is 0.497 e. The zero-order valence-corrected chi connectivity index (χ0v) is 15.5. The SMILES string of the molecule is COCCN=c1scc(-c2ccc(OC)cc2)n1/N=C\c1ccccn1. The number of nitrogens with zero attached hydrogens (tertiary/aromatic N) is 4. The normalized spacial score (nSPS) is 12.0. The van der Waals surface area contributed by atoms with E-state index in [0.29, 0.717) is 13.2 Å². The third kappa shape index (κ3) is 4.44. The first-order valence-corrected chi connectivity index (χ1v) is 8.99. The molecule has 7 heteroatoms. The maximum absolute atomic E-state index is 5.24. The van der Waals surface area contributed by atoms with Crippen LogP contribution in [0.5, 0.6) is 5.75 Å². The van der Waals surface area contributed by atoms with E-state index in [2.05, 4.69) is 15.1 Å². The highest BCUT2D eigenvalue weighted by Crippen LogP contribution is 2.23. The van der Waals surface area contributed by atoms with Crippen LogP contribution < -0.4 is 9.54 Å². The van der Waals surface area contributed by atoms with Gasteiger partial charge in [-0.05, 0) is 36.4 Å². The van der Waals surface area contributed by atoms with Crippen molar-refractivity contribution < 1.29 is 9.47 Å². The fourth-order valence-corrected chi connectivity index (χ4v) is 3.15. The van der Waals surface area contributed by atoms with E-state index < -0.39 is 0 Å². The molecule has 0 saturated carbocycles. The van der Waals surface area contributed by atoms with Gasteiger partial charge >= 0.3 is 0 Å². The molecule has 0 fully saturated rings. The van der Waals surface area contributed by atoms with Crippen LogP contribution in [0.4, 0.5) is 0 Å². The van der Waals surface area contributed by atoms with Crippen molar-refractivity contribution in [3.63, 3.8) is 0 Å². The Balaban J connectivity index is 2.00. The number of pyridine rings is 1. The van der Waals surface area contributed by atoms with Crippen LogP contribution >= 0.6 is 11.3 Å². The van der Waals surface area contributed by atoms with Gasteiger partial charge in [0.2, 0.25) is 4.80 Å². The van der Waals surface area contributed by atoms with Crippen LogP contribution in [-0.4, -0.2) is 43.2 Å². The number of rotatable bonds is 7. The molecule has 0 amide bonds. The molecule has 0 spiro atoms. The Labute approximate surface area is 156 Å². The van der Waals surface area contributed by atoms with Crippen molar-refractivity contribution in [3.05, 3.63) is 64.5 Å². The van der Waals surface area contributed by atoms with Crippen molar-refractivity contribution in [2.45, 2.75) is 0 Å². The van der Waals surface area contributed by atoms with Gasteiger partial charge in [0.25, 0.3) is 0 Å². The first kappa shape index (κ1) is 18.0. The Morgan fingerprint density at radius 3 is 2.69 bits per heavy atom. The van der Waals surface area contributed by atoms with Crippen LogP contribution in [0.25, 0.3) is 11.3 Å². The molecule has 2 aromatic heterocycles.